The van der Waals surface area contributed by atoms with Crippen molar-refractivity contribution in [1.82, 2.24) is 21.3 Å². The minimum atomic E-state index is -1.23. The number of carbonyl (C=O) groups excluding carboxylic acids is 4. The Morgan fingerprint density at radius 2 is 1.34 bits per heavy atom. The summed E-state index contributed by atoms with van der Waals surface area (Å²) >= 11 is 0. The largest absolute Gasteiger partial charge is 0.508 e. The number of phenolic OH excluding ortho intramolecular Hbond substituents is 1. The van der Waals surface area contributed by atoms with Crippen molar-refractivity contribution in [2.24, 2.45) is 11.7 Å². The second kappa shape index (κ2) is 15.9. The van der Waals surface area contributed by atoms with Crippen LogP contribution in [0.2, 0.25) is 0 Å². The van der Waals surface area contributed by atoms with E-state index < -0.39 is 66.6 Å². The SMILES string of the molecule is CC(C)C[C@H](NC(=O)[C@H](Cc1ccc(F)cc1)NC(=O)CNC(=O)CNC(=O)[C@@H](N)Cc1ccc(O)cc1)C(=O)O. The van der Waals surface area contributed by atoms with E-state index in [0.29, 0.717) is 11.1 Å². The van der Waals surface area contributed by atoms with Crippen molar-refractivity contribution in [2.45, 2.75) is 51.2 Å². The number of rotatable bonds is 15. The van der Waals surface area contributed by atoms with Gasteiger partial charge in [-0.1, -0.05) is 38.1 Å². The third-order valence-corrected chi connectivity index (χ3v) is 5.92. The van der Waals surface area contributed by atoms with E-state index in [-0.39, 0.29) is 30.9 Å². The van der Waals surface area contributed by atoms with Crippen LogP contribution < -0.4 is 27.0 Å². The zero-order valence-corrected chi connectivity index (χ0v) is 22.9. The molecule has 0 unspecified atom stereocenters. The molecule has 0 saturated carbocycles. The van der Waals surface area contributed by atoms with Crippen LogP contribution in [0.3, 0.4) is 0 Å². The number of carbonyl (C=O) groups is 5. The van der Waals surface area contributed by atoms with Gasteiger partial charge in [0.05, 0.1) is 19.1 Å². The standard InChI is InChI=1S/C28H36FN5O7/c1-16(2)11-23(28(40)41)34-27(39)22(13-18-3-7-19(29)8-4-18)33-25(37)15-31-24(36)14-32-26(38)21(30)12-17-5-9-20(35)10-6-17/h3-10,16,21-23,35H,11-15,30H2,1-2H3,(H,31,36)(H,32,38)(H,33,37)(H,34,39)(H,40,41)/t21-,22-,23-/m0/s1. The average molecular weight is 574 g/mol. The molecule has 0 aromatic heterocycles. The number of hydrogen-bond acceptors (Lipinski definition) is 7. The number of nitrogens with two attached hydrogens (primary N) is 1. The lowest BCUT2D eigenvalue weighted by Crippen LogP contribution is -2.54. The van der Waals surface area contributed by atoms with Gasteiger partial charge in [0.1, 0.15) is 23.7 Å². The van der Waals surface area contributed by atoms with Gasteiger partial charge < -0.3 is 37.2 Å². The van der Waals surface area contributed by atoms with Crippen molar-refractivity contribution in [3.63, 3.8) is 0 Å². The highest BCUT2D eigenvalue weighted by Gasteiger charge is 2.27. The predicted octanol–water partition coefficient (Wildman–Crippen LogP) is -0.0235. The van der Waals surface area contributed by atoms with Crippen molar-refractivity contribution in [2.75, 3.05) is 13.1 Å². The van der Waals surface area contributed by atoms with Gasteiger partial charge in [-0.2, -0.15) is 0 Å². The van der Waals surface area contributed by atoms with Gasteiger partial charge in [-0.25, -0.2) is 9.18 Å². The third-order valence-electron chi connectivity index (χ3n) is 5.92. The summed E-state index contributed by atoms with van der Waals surface area (Å²) in [5.41, 5.74) is 7.09. The molecule has 2 aromatic rings. The first kappa shape index (κ1) is 32.7. The normalized spacial score (nSPS) is 13.0. The van der Waals surface area contributed by atoms with Gasteiger partial charge in [-0.15, -0.1) is 0 Å². The first-order valence-corrected chi connectivity index (χ1v) is 13.0. The Morgan fingerprint density at radius 1 is 0.780 bits per heavy atom. The van der Waals surface area contributed by atoms with Crippen LogP contribution >= 0.6 is 0 Å². The summed E-state index contributed by atoms with van der Waals surface area (Å²) in [7, 11) is 0. The number of hydrogen-bond donors (Lipinski definition) is 7. The second-order valence-electron chi connectivity index (χ2n) is 9.95. The molecular weight excluding hydrogens is 537 g/mol. The molecule has 0 spiro atoms. The van der Waals surface area contributed by atoms with E-state index in [1.165, 1.54) is 36.4 Å². The predicted molar refractivity (Wildman–Crippen MR) is 147 cm³/mol. The molecule has 0 saturated heterocycles. The highest BCUT2D eigenvalue weighted by molar-refractivity contribution is 5.93. The topological polar surface area (TPSA) is 200 Å². The molecule has 41 heavy (non-hydrogen) atoms. The maximum absolute atomic E-state index is 13.3. The number of carboxylic acid groups (broad SMARTS) is 1. The zero-order valence-electron chi connectivity index (χ0n) is 22.9. The second-order valence-corrected chi connectivity index (χ2v) is 9.95. The maximum Gasteiger partial charge on any atom is 0.326 e. The van der Waals surface area contributed by atoms with Gasteiger partial charge in [0, 0.05) is 6.42 Å². The molecule has 0 aliphatic carbocycles. The molecule has 0 aliphatic rings. The van der Waals surface area contributed by atoms with Crippen LogP contribution in [0.5, 0.6) is 5.75 Å². The summed E-state index contributed by atoms with van der Waals surface area (Å²) in [6.07, 6.45) is 0.279. The Morgan fingerprint density at radius 3 is 1.93 bits per heavy atom. The summed E-state index contributed by atoms with van der Waals surface area (Å²) in [5.74, 6) is -4.45. The minimum Gasteiger partial charge on any atom is -0.508 e. The average Bonchev–Trinajstić information content (AvgIpc) is 2.91. The highest BCUT2D eigenvalue weighted by Crippen LogP contribution is 2.11. The Balaban J connectivity index is 1.91. The molecule has 0 fully saturated rings. The molecule has 2 aromatic carbocycles. The Bertz CT molecular complexity index is 1210. The van der Waals surface area contributed by atoms with Gasteiger partial charge >= 0.3 is 5.97 Å². The molecule has 0 bridgehead atoms. The van der Waals surface area contributed by atoms with E-state index in [1.807, 2.05) is 0 Å². The van der Waals surface area contributed by atoms with Crippen molar-refractivity contribution in [3.8, 4) is 5.75 Å². The van der Waals surface area contributed by atoms with E-state index in [0.717, 1.165) is 0 Å². The molecule has 0 heterocycles. The number of carboxylic acids is 1. The summed E-state index contributed by atoms with van der Waals surface area (Å²) < 4.78 is 13.3. The number of aliphatic carboxylic acids is 1. The molecular formula is C28H36FN5O7. The van der Waals surface area contributed by atoms with Gasteiger partial charge in [-0.05, 0) is 54.2 Å². The molecule has 13 heteroatoms. The molecule has 0 aliphatic heterocycles. The molecule has 4 amide bonds. The van der Waals surface area contributed by atoms with Crippen molar-refractivity contribution >= 4 is 29.6 Å². The quantitative estimate of drug-likeness (QED) is 0.154. The fourth-order valence-electron chi connectivity index (χ4n) is 3.79. The molecule has 0 radical (unpaired) electrons. The Labute approximate surface area is 236 Å². The lowest BCUT2D eigenvalue weighted by atomic mass is 10.0. The van der Waals surface area contributed by atoms with Gasteiger partial charge in [0.25, 0.3) is 0 Å². The molecule has 2 rings (SSSR count). The summed E-state index contributed by atoms with van der Waals surface area (Å²) in [5, 5.41) is 28.4. The van der Waals surface area contributed by atoms with Crippen LogP contribution in [0.25, 0.3) is 0 Å². The molecule has 3 atom stereocenters. The number of aromatic hydroxyl groups is 1. The molecule has 8 N–H and O–H groups in total. The lowest BCUT2D eigenvalue weighted by Gasteiger charge is -2.22. The van der Waals surface area contributed by atoms with Crippen molar-refractivity contribution in [3.05, 3.63) is 65.5 Å². The maximum atomic E-state index is 13.3. The van der Waals surface area contributed by atoms with Gasteiger partial charge in [-0.3, -0.25) is 19.2 Å². The van der Waals surface area contributed by atoms with Gasteiger partial charge in [0.2, 0.25) is 23.6 Å². The number of phenols is 1. The first-order valence-electron chi connectivity index (χ1n) is 13.0. The number of amides is 4. The highest BCUT2D eigenvalue weighted by atomic mass is 19.1. The molecule has 222 valence electrons. The minimum absolute atomic E-state index is 0.0281. The Hall–Kier alpha value is -4.52. The van der Waals surface area contributed by atoms with Crippen molar-refractivity contribution in [1.29, 1.82) is 0 Å². The zero-order chi connectivity index (χ0) is 30.5. The van der Waals surface area contributed by atoms with E-state index in [4.69, 9.17) is 5.73 Å². The fourth-order valence-corrected chi connectivity index (χ4v) is 3.79. The van der Waals surface area contributed by atoms with Crippen LogP contribution in [-0.2, 0) is 36.8 Å². The number of nitrogens with one attached hydrogen (secondary N) is 4. The summed E-state index contributed by atoms with van der Waals surface area (Å²) in [6, 6.07) is 8.05. The van der Waals surface area contributed by atoms with E-state index in [2.05, 4.69) is 21.3 Å². The summed E-state index contributed by atoms with van der Waals surface area (Å²) in [6.45, 7) is 2.61. The van der Waals surface area contributed by atoms with Gasteiger partial charge in [0.15, 0.2) is 0 Å². The third kappa shape index (κ3) is 12.0. The summed E-state index contributed by atoms with van der Waals surface area (Å²) in [4.78, 5) is 61.5. The van der Waals surface area contributed by atoms with Crippen LogP contribution in [0.1, 0.15) is 31.4 Å². The number of benzene rings is 2. The smallest absolute Gasteiger partial charge is 0.326 e. The van der Waals surface area contributed by atoms with E-state index in [1.54, 1.807) is 26.0 Å². The van der Waals surface area contributed by atoms with Crippen LogP contribution in [-0.4, -0.2) is 71.0 Å². The van der Waals surface area contributed by atoms with Crippen LogP contribution in [0, 0.1) is 11.7 Å². The van der Waals surface area contributed by atoms with E-state index >= 15 is 0 Å². The first-order chi connectivity index (χ1) is 19.3. The van der Waals surface area contributed by atoms with Crippen LogP contribution in [0.15, 0.2) is 48.5 Å². The molecule has 12 nitrogen and oxygen atoms in total. The van der Waals surface area contributed by atoms with Crippen molar-refractivity contribution < 1.29 is 38.6 Å². The fraction of sp³-hybridized carbons (Fsp3) is 0.393. The Kier molecular flexibility index (Phi) is 12.7. The number of halogens is 1. The monoisotopic (exact) mass is 573 g/mol. The lowest BCUT2D eigenvalue weighted by molar-refractivity contribution is -0.142. The van der Waals surface area contributed by atoms with Crippen LogP contribution in [0.4, 0.5) is 4.39 Å². The van der Waals surface area contributed by atoms with E-state index in [9.17, 15) is 38.6 Å².